The molecule has 0 bridgehead atoms. The van der Waals surface area contributed by atoms with E-state index in [1.165, 1.54) is 12.1 Å². The molecule has 2 aromatic carbocycles. The molecule has 0 aromatic heterocycles. The number of amides is 1. The van der Waals surface area contributed by atoms with Gasteiger partial charge in [-0.25, -0.2) is 0 Å². The van der Waals surface area contributed by atoms with E-state index in [1.54, 1.807) is 18.2 Å². The number of alkyl halides is 3. The van der Waals surface area contributed by atoms with Gasteiger partial charge in [0.25, 0.3) is 5.91 Å². The standard InChI is InChI=1S/C24H24F3NO4/c25-24(26,27)19-7-5-17(6-8-19)18-11-21(23(30)28-20-9-10-20)32-22(12-18)31-14-16-3-1-15(13-29)2-4-16/h1-8,11,18,20,22,29H,9-10,12-14H2,(H,28,30)/t18-,22+/m0/s1. The fourth-order valence-corrected chi connectivity index (χ4v) is 3.48. The molecule has 1 amide bonds. The molecule has 2 aromatic rings. The van der Waals surface area contributed by atoms with Crippen molar-refractivity contribution in [1.82, 2.24) is 5.32 Å². The van der Waals surface area contributed by atoms with E-state index in [0.717, 1.165) is 36.1 Å². The van der Waals surface area contributed by atoms with Gasteiger partial charge in [0.05, 0.1) is 18.8 Å². The molecule has 0 spiro atoms. The van der Waals surface area contributed by atoms with Gasteiger partial charge in [-0.3, -0.25) is 4.79 Å². The summed E-state index contributed by atoms with van der Waals surface area (Å²) in [7, 11) is 0. The molecule has 1 fully saturated rings. The Labute approximate surface area is 183 Å². The van der Waals surface area contributed by atoms with E-state index in [4.69, 9.17) is 14.6 Å². The third kappa shape index (κ3) is 5.69. The Bertz CT molecular complexity index is 966. The van der Waals surface area contributed by atoms with E-state index >= 15 is 0 Å². The molecule has 1 saturated carbocycles. The molecule has 1 aliphatic carbocycles. The zero-order chi connectivity index (χ0) is 22.7. The third-order valence-corrected chi connectivity index (χ3v) is 5.50. The van der Waals surface area contributed by atoms with E-state index in [1.807, 2.05) is 12.1 Å². The number of hydrogen-bond acceptors (Lipinski definition) is 4. The second-order valence-electron chi connectivity index (χ2n) is 8.07. The maximum absolute atomic E-state index is 12.9. The minimum Gasteiger partial charge on any atom is -0.459 e. The minimum absolute atomic E-state index is 0.0497. The summed E-state index contributed by atoms with van der Waals surface area (Å²) in [5.41, 5.74) is 1.59. The summed E-state index contributed by atoms with van der Waals surface area (Å²) in [4.78, 5) is 12.6. The summed E-state index contributed by atoms with van der Waals surface area (Å²) in [6.07, 6.45) is -1.28. The highest BCUT2D eigenvalue weighted by molar-refractivity contribution is 5.92. The van der Waals surface area contributed by atoms with Crippen molar-refractivity contribution in [2.24, 2.45) is 0 Å². The molecule has 2 atom stereocenters. The van der Waals surface area contributed by atoms with Gasteiger partial charge in [-0.05, 0) is 47.7 Å². The summed E-state index contributed by atoms with van der Waals surface area (Å²) >= 11 is 0. The molecule has 32 heavy (non-hydrogen) atoms. The van der Waals surface area contributed by atoms with Gasteiger partial charge in [-0.2, -0.15) is 13.2 Å². The van der Waals surface area contributed by atoms with Gasteiger partial charge in [0, 0.05) is 18.4 Å². The fraction of sp³-hybridized carbons (Fsp3) is 0.375. The van der Waals surface area contributed by atoms with Crippen molar-refractivity contribution in [3.8, 4) is 0 Å². The first-order chi connectivity index (χ1) is 15.3. The predicted molar refractivity (Wildman–Crippen MR) is 110 cm³/mol. The molecule has 0 unspecified atom stereocenters. The highest BCUT2D eigenvalue weighted by atomic mass is 19.4. The monoisotopic (exact) mass is 447 g/mol. The molecule has 1 aliphatic heterocycles. The fourth-order valence-electron chi connectivity index (χ4n) is 3.48. The molecule has 5 nitrogen and oxygen atoms in total. The van der Waals surface area contributed by atoms with Crippen molar-refractivity contribution in [2.75, 3.05) is 0 Å². The van der Waals surface area contributed by atoms with Gasteiger partial charge in [0.15, 0.2) is 5.76 Å². The first-order valence-corrected chi connectivity index (χ1v) is 10.5. The van der Waals surface area contributed by atoms with E-state index in [9.17, 15) is 18.0 Å². The molecule has 2 aliphatic rings. The van der Waals surface area contributed by atoms with Crippen molar-refractivity contribution in [3.63, 3.8) is 0 Å². The number of aliphatic hydroxyl groups excluding tert-OH is 1. The smallest absolute Gasteiger partial charge is 0.416 e. The van der Waals surface area contributed by atoms with Crippen LogP contribution in [0.4, 0.5) is 13.2 Å². The number of allylic oxidation sites excluding steroid dienone is 1. The number of carbonyl (C=O) groups is 1. The Morgan fingerprint density at radius 3 is 2.31 bits per heavy atom. The molecular formula is C24H24F3NO4. The Morgan fingerprint density at radius 1 is 1.06 bits per heavy atom. The second kappa shape index (κ2) is 9.34. The Kier molecular flexibility index (Phi) is 6.53. The number of halogens is 3. The highest BCUT2D eigenvalue weighted by Gasteiger charge is 2.33. The summed E-state index contributed by atoms with van der Waals surface area (Å²) in [5, 5.41) is 12.0. The number of aliphatic hydroxyl groups is 1. The zero-order valence-corrected chi connectivity index (χ0v) is 17.3. The van der Waals surface area contributed by atoms with E-state index in [2.05, 4.69) is 5.32 Å². The molecule has 8 heteroatoms. The van der Waals surface area contributed by atoms with Crippen molar-refractivity contribution in [3.05, 3.63) is 82.6 Å². The van der Waals surface area contributed by atoms with Gasteiger partial charge in [0.1, 0.15) is 0 Å². The molecule has 0 radical (unpaired) electrons. The van der Waals surface area contributed by atoms with Crippen LogP contribution in [0.1, 0.15) is 47.4 Å². The lowest BCUT2D eigenvalue weighted by atomic mass is 9.92. The normalized spacial score (nSPS) is 20.9. The molecule has 170 valence electrons. The average Bonchev–Trinajstić information content (AvgIpc) is 3.61. The van der Waals surface area contributed by atoms with Crippen LogP contribution >= 0.6 is 0 Å². The average molecular weight is 447 g/mol. The van der Waals surface area contributed by atoms with Crippen LogP contribution < -0.4 is 5.32 Å². The van der Waals surface area contributed by atoms with Crippen LogP contribution in [0.15, 0.2) is 60.4 Å². The molecule has 4 rings (SSSR count). The number of rotatable bonds is 7. The van der Waals surface area contributed by atoms with Crippen LogP contribution in [0.2, 0.25) is 0 Å². The summed E-state index contributed by atoms with van der Waals surface area (Å²) in [6.45, 7) is 0.180. The number of ether oxygens (including phenoxy) is 2. The van der Waals surface area contributed by atoms with Gasteiger partial charge >= 0.3 is 6.18 Å². The first-order valence-electron chi connectivity index (χ1n) is 10.5. The van der Waals surface area contributed by atoms with Gasteiger partial charge in [-0.15, -0.1) is 0 Å². The summed E-state index contributed by atoms with van der Waals surface area (Å²) < 4.78 is 50.4. The predicted octanol–water partition coefficient (Wildman–Crippen LogP) is 4.41. The number of nitrogens with one attached hydrogen (secondary N) is 1. The van der Waals surface area contributed by atoms with Gasteiger partial charge in [0.2, 0.25) is 6.29 Å². The Morgan fingerprint density at radius 2 is 1.72 bits per heavy atom. The zero-order valence-electron chi connectivity index (χ0n) is 17.3. The summed E-state index contributed by atoms with van der Waals surface area (Å²) in [6, 6.07) is 12.3. The molecule has 1 heterocycles. The quantitative estimate of drug-likeness (QED) is 0.660. The maximum atomic E-state index is 12.9. The lowest BCUT2D eigenvalue weighted by Crippen LogP contribution is -2.33. The van der Waals surface area contributed by atoms with Crippen LogP contribution in [0.25, 0.3) is 0 Å². The lowest BCUT2D eigenvalue weighted by molar-refractivity contribution is -0.150. The maximum Gasteiger partial charge on any atom is 0.416 e. The molecule has 0 saturated heterocycles. The van der Waals surface area contributed by atoms with Crippen LogP contribution in [0.5, 0.6) is 0 Å². The number of carbonyl (C=O) groups excluding carboxylic acids is 1. The second-order valence-corrected chi connectivity index (χ2v) is 8.07. The Hall–Kier alpha value is -2.84. The minimum atomic E-state index is -4.41. The van der Waals surface area contributed by atoms with Crippen LogP contribution in [-0.4, -0.2) is 23.3 Å². The van der Waals surface area contributed by atoms with Gasteiger partial charge in [-0.1, -0.05) is 36.4 Å². The van der Waals surface area contributed by atoms with E-state index in [0.29, 0.717) is 12.0 Å². The van der Waals surface area contributed by atoms with Gasteiger partial charge < -0.3 is 19.9 Å². The largest absolute Gasteiger partial charge is 0.459 e. The van der Waals surface area contributed by atoms with Crippen LogP contribution in [0, 0.1) is 0 Å². The number of hydrogen-bond donors (Lipinski definition) is 2. The van der Waals surface area contributed by atoms with Crippen molar-refractivity contribution >= 4 is 5.91 Å². The Balaban J connectivity index is 1.49. The van der Waals surface area contributed by atoms with Crippen molar-refractivity contribution in [2.45, 2.75) is 56.9 Å². The lowest BCUT2D eigenvalue weighted by Gasteiger charge is -2.29. The SMILES string of the molecule is O=C(NC1CC1)C1=C[C@H](c2ccc(C(F)(F)F)cc2)C[C@H](OCc2ccc(CO)cc2)O1. The van der Waals surface area contributed by atoms with Crippen molar-refractivity contribution < 1.29 is 32.5 Å². The van der Waals surface area contributed by atoms with Crippen LogP contribution in [0.3, 0.4) is 0 Å². The van der Waals surface area contributed by atoms with E-state index in [-0.39, 0.29) is 36.8 Å². The van der Waals surface area contributed by atoms with E-state index < -0.39 is 18.0 Å². The molecular weight excluding hydrogens is 423 g/mol. The molecule has 2 N–H and O–H groups in total. The third-order valence-electron chi connectivity index (χ3n) is 5.50. The van der Waals surface area contributed by atoms with Crippen LogP contribution in [-0.2, 0) is 33.7 Å². The number of benzene rings is 2. The van der Waals surface area contributed by atoms with Crippen molar-refractivity contribution in [1.29, 1.82) is 0 Å². The highest BCUT2D eigenvalue weighted by Crippen LogP contribution is 2.35. The first kappa shape index (κ1) is 22.4. The topological polar surface area (TPSA) is 67.8 Å². The summed E-state index contributed by atoms with van der Waals surface area (Å²) in [5.74, 6) is -0.550.